The highest BCUT2D eigenvalue weighted by atomic mass is 16.3. The summed E-state index contributed by atoms with van der Waals surface area (Å²) in [6, 6.07) is 12.8. The summed E-state index contributed by atoms with van der Waals surface area (Å²) in [5.41, 5.74) is 1.83. The van der Waals surface area contributed by atoms with Crippen LogP contribution in [0.2, 0.25) is 0 Å². The topological polar surface area (TPSA) is 89.2 Å². The highest BCUT2D eigenvalue weighted by Crippen LogP contribution is 2.22. The van der Waals surface area contributed by atoms with Crippen LogP contribution in [0.4, 0.5) is 5.69 Å². The minimum absolute atomic E-state index is 0.275. The fraction of sp³-hybridized carbons (Fsp3) is 0.250. The molecule has 0 atom stereocenters. The molecule has 3 aromatic rings. The van der Waals surface area contributed by atoms with Crippen molar-refractivity contribution < 1.29 is 14.0 Å². The Morgan fingerprint density at radius 2 is 1.93 bits per heavy atom. The average molecular weight is 364 g/mol. The fourth-order valence-electron chi connectivity index (χ4n) is 3.27. The van der Waals surface area contributed by atoms with Crippen molar-refractivity contribution >= 4 is 17.5 Å². The van der Waals surface area contributed by atoms with Crippen LogP contribution < -0.4 is 10.6 Å². The van der Waals surface area contributed by atoms with Gasteiger partial charge in [-0.2, -0.15) is 0 Å². The number of rotatable bonds is 5. The zero-order chi connectivity index (χ0) is 18.6. The Labute approximate surface area is 156 Å². The van der Waals surface area contributed by atoms with Gasteiger partial charge in [-0.3, -0.25) is 9.59 Å². The van der Waals surface area contributed by atoms with Crippen molar-refractivity contribution in [3.63, 3.8) is 0 Å². The molecule has 1 aliphatic rings. The summed E-state index contributed by atoms with van der Waals surface area (Å²) in [6.07, 6.45) is 4.23. The molecule has 0 bridgehead atoms. The van der Waals surface area contributed by atoms with Gasteiger partial charge in [-0.15, -0.1) is 0 Å². The number of fused-ring (bicyclic) bond motifs is 1. The second-order valence-corrected chi connectivity index (χ2v) is 6.42. The number of nitrogens with zero attached hydrogens (tertiary/aromatic N) is 2. The van der Waals surface area contributed by atoms with Crippen molar-refractivity contribution in [1.82, 2.24) is 14.9 Å². The van der Waals surface area contributed by atoms with Crippen molar-refractivity contribution in [2.45, 2.75) is 32.4 Å². The normalized spacial score (nSPS) is 13.0. The van der Waals surface area contributed by atoms with Crippen LogP contribution in [0.5, 0.6) is 0 Å². The first kappa shape index (κ1) is 17.1. The second kappa shape index (κ2) is 7.49. The molecule has 2 amide bonds. The Balaban J connectivity index is 1.57. The van der Waals surface area contributed by atoms with Crippen LogP contribution in [-0.4, -0.2) is 21.4 Å². The van der Waals surface area contributed by atoms with Gasteiger partial charge in [-0.05, 0) is 43.5 Å². The molecule has 3 heterocycles. The monoisotopic (exact) mass is 364 g/mol. The lowest BCUT2D eigenvalue weighted by molar-refractivity contribution is 0.0942. The summed E-state index contributed by atoms with van der Waals surface area (Å²) in [5.74, 6) is 0.334. The molecule has 0 spiro atoms. The number of carbonyl (C=O) groups is 2. The van der Waals surface area contributed by atoms with Crippen LogP contribution in [-0.2, 0) is 19.5 Å². The molecule has 0 radical (unpaired) electrons. The van der Waals surface area contributed by atoms with Gasteiger partial charge in [0.15, 0.2) is 5.82 Å². The third-order valence-corrected chi connectivity index (χ3v) is 4.57. The van der Waals surface area contributed by atoms with Gasteiger partial charge in [0.1, 0.15) is 11.5 Å². The van der Waals surface area contributed by atoms with Gasteiger partial charge in [0, 0.05) is 12.2 Å². The smallest absolute Gasteiger partial charge is 0.291 e. The molecule has 1 aromatic carbocycles. The van der Waals surface area contributed by atoms with Crippen LogP contribution in [0.3, 0.4) is 0 Å². The van der Waals surface area contributed by atoms with Crippen LogP contribution in [0.25, 0.3) is 0 Å². The number of imidazole rings is 1. The van der Waals surface area contributed by atoms with Crippen molar-refractivity contribution in [2.24, 2.45) is 0 Å². The Hall–Kier alpha value is -3.35. The van der Waals surface area contributed by atoms with Crippen molar-refractivity contribution in [1.29, 1.82) is 0 Å². The first-order chi connectivity index (χ1) is 13.2. The first-order valence-corrected chi connectivity index (χ1v) is 8.99. The fourth-order valence-corrected chi connectivity index (χ4v) is 3.27. The van der Waals surface area contributed by atoms with Gasteiger partial charge < -0.3 is 19.6 Å². The number of benzene rings is 1. The van der Waals surface area contributed by atoms with Gasteiger partial charge in [0.05, 0.1) is 18.5 Å². The van der Waals surface area contributed by atoms with Gasteiger partial charge in [-0.25, -0.2) is 4.98 Å². The third-order valence-electron chi connectivity index (χ3n) is 4.57. The molecule has 1 aliphatic heterocycles. The number of anilines is 1. The Morgan fingerprint density at radius 1 is 1.07 bits per heavy atom. The molecule has 0 fully saturated rings. The van der Waals surface area contributed by atoms with E-state index in [2.05, 4.69) is 15.6 Å². The lowest BCUT2D eigenvalue weighted by Gasteiger charge is -2.17. The number of hydrogen-bond donors (Lipinski definition) is 2. The highest BCUT2D eigenvalue weighted by molar-refractivity contribution is 6.03. The van der Waals surface area contributed by atoms with E-state index < -0.39 is 0 Å². The van der Waals surface area contributed by atoms with E-state index in [9.17, 15) is 9.59 Å². The zero-order valence-electron chi connectivity index (χ0n) is 14.8. The van der Waals surface area contributed by atoms with Gasteiger partial charge in [-0.1, -0.05) is 18.2 Å². The van der Waals surface area contributed by atoms with E-state index in [-0.39, 0.29) is 24.2 Å². The number of furan rings is 1. The number of amides is 2. The maximum Gasteiger partial charge on any atom is 0.291 e. The van der Waals surface area contributed by atoms with Crippen LogP contribution in [0.15, 0.2) is 53.1 Å². The molecular weight excluding hydrogens is 344 g/mol. The van der Waals surface area contributed by atoms with Gasteiger partial charge >= 0.3 is 0 Å². The van der Waals surface area contributed by atoms with Crippen molar-refractivity contribution in [3.8, 4) is 0 Å². The maximum absolute atomic E-state index is 12.7. The van der Waals surface area contributed by atoms with E-state index in [0.717, 1.165) is 25.0 Å². The molecular formula is C20H20N4O3. The molecule has 0 unspecified atom stereocenters. The molecule has 0 saturated carbocycles. The third kappa shape index (κ3) is 3.62. The minimum atomic E-state index is -0.311. The molecule has 27 heavy (non-hydrogen) atoms. The first-order valence-electron chi connectivity index (χ1n) is 8.99. The zero-order valence-corrected chi connectivity index (χ0v) is 14.8. The molecule has 138 valence electrons. The Bertz CT molecular complexity index is 945. The van der Waals surface area contributed by atoms with Gasteiger partial charge in [0.25, 0.3) is 11.8 Å². The summed E-state index contributed by atoms with van der Waals surface area (Å²) >= 11 is 0. The highest BCUT2D eigenvalue weighted by Gasteiger charge is 2.27. The van der Waals surface area contributed by atoms with Crippen molar-refractivity contribution in [3.05, 3.63) is 71.7 Å². The SMILES string of the molecule is O=C(NCc1ccco1)c1nc(C(=O)Nc2ccccc2)n2c1CCCC2. The predicted molar refractivity (Wildman–Crippen MR) is 99.4 cm³/mol. The van der Waals surface area contributed by atoms with E-state index >= 15 is 0 Å². The summed E-state index contributed by atoms with van der Waals surface area (Å²) in [4.78, 5) is 29.8. The van der Waals surface area contributed by atoms with E-state index in [0.29, 0.717) is 23.7 Å². The summed E-state index contributed by atoms with van der Waals surface area (Å²) in [5, 5.41) is 5.66. The van der Waals surface area contributed by atoms with E-state index in [4.69, 9.17) is 4.42 Å². The quantitative estimate of drug-likeness (QED) is 0.728. The average Bonchev–Trinajstić information content (AvgIpc) is 3.35. The minimum Gasteiger partial charge on any atom is -0.467 e. The Kier molecular flexibility index (Phi) is 4.74. The lowest BCUT2D eigenvalue weighted by Crippen LogP contribution is -2.25. The summed E-state index contributed by atoms with van der Waals surface area (Å²) in [7, 11) is 0. The largest absolute Gasteiger partial charge is 0.467 e. The van der Waals surface area contributed by atoms with E-state index in [1.807, 2.05) is 34.9 Å². The molecule has 2 aromatic heterocycles. The molecule has 0 saturated heterocycles. The molecule has 4 rings (SSSR count). The van der Waals surface area contributed by atoms with E-state index in [1.54, 1.807) is 18.4 Å². The molecule has 0 aliphatic carbocycles. The summed E-state index contributed by atoms with van der Waals surface area (Å²) < 4.78 is 7.10. The number of para-hydroxylation sites is 1. The number of aromatic nitrogens is 2. The number of hydrogen-bond acceptors (Lipinski definition) is 4. The van der Waals surface area contributed by atoms with Crippen molar-refractivity contribution in [2.75, 3.05) is 5.32 Å². The number of carbonyl (C=O) groups excluding carboxylic acids is 2. The van der Waals surface area contributed by atoms with Gasteiger partial charge in [0.2, 0.25) is 0 Å². The molecule has 7 nitrogen and oxygen atoms in total. The molecule has 2 N–H and O–H groups in total. The molecule has 7 heteroatoms. The van der Waals surface area contributed by atoms with Crippen LogP contribution in [0, 0.1) is 0 Å². The predicted octanol–water partition coefficient (Wildman–Crippen LogP) is 2.99. The number of nitrogens with one attached hydrogen (secondary N) is 2. The lowest BCUT2D eigenvalue weighted by atomic mass is 10.1. The standard InChI is InChI=1S/C20H20N4O3/c25-19(21-13-15-9-6-12-27-15)17-16-10-4-5-11-24(16)18(23-17)20(26)22-14-7-2-1-3-8-14/h1-3,6-9,12H,4-5,10-11,13H2,(H,21,25)(H,22,26). The maximum atomic E-state index is 12.7. The van der Waals surface area contributed by atoms with Crippen LogP contribution in [0.1, 0.15) is 45.4 Å². The van der Waals surface area contributed by atoms with Crippen LogP contribution >= 0.6 is 0 Å². The summed E-state index contributed by atoms with van der Waals surface area (Å²) in [6.45, 7) is 0.967. The van der Waals surface area contributed by atoms with E-state index in [1.165, 1.54) is 0 Å². The second-order valence-electron chi connectivity index (χ2n) is 6.42. The Morgan fingerprint density at radius 3 is 2.70 bits per heavy atom.